The molecule has 0 saturated heterocycles. The van der Waals surface area contributed by atoms with Crippen LogP contribution in [-0.2, 0) is 12.4 Å². The summed E-state index contributed by atoms with van der Waals surface area (Å²) < 4.78 is 75.2. The number of nitrogens with one attached hydrogen (secondary N) is 1. The predicted molar refractivity (Wildman–Crippen MR) is 55.9 cm³/mol. The minimum absolute atomic E-state index is 0.0853. The van der Waals surface area contributed by atoms with E-state index in [-0.39, 0.29) is 11.1 Å². The van der Waals surface area contributed by atoms with Gasteiger partial charge in [0.25, 0.3) is 0 Å². The Bertz CT molecular complexity index is 511. The standard InChI is InChI=1S/C10H8F6N2O2/c1-18(8(19)20)17-7-3-2-5(9(11,12)13)4-6(7)10(14,15)16/h2-4,17H,1H3,(H,19,20). The van der Waals surface area contributed by atoms with Gasteiger partial charge in [0.2, 0.25) is 0 Å². The molecule has 0 unspecified atom stereocenters. The molecule has 1 rings (SSSR count). The van der Waals surface area contributed by atoms with Crippen molar-refractivity contribution in [2.24, 2.45) is 0 Å². The van der Waals surface area contributed by atoms with Crippen molar-refractivity contribution in [2.75, 3.05) is 12.5 Å². The summed E-state index contributed by atoms with van der Waals surface area (Å²) in [5.41, 5.74) is -2.04. The van der Waals surface area contributed by atoms with Crippen molar-refractivity contribution in [3.63, 3.8) is 0 Å². The zero-order valence-electron chi connectivity index (χ0n) is 9.80. The zero-order chi connectivity index (χ0) is 15.7. The lowest BCUT2D eigenvalue weighted by atomic mass is 10.1. The van der Waals surface area contributed by atoms with Gasteiger partial charge >= 0.3 is 18.4 Å². The summed E-state index contributed by atoms with van der Waals surface area (Å²) in [6.45, 7) is 0. The summed E-state index contributed by atoms with van der Waals surface area (Å²) in [6.07, 6.45) is -11.6. The number of halogens is 6. The average Bonchev–Trinajstić information content (AvgIpc) is 2.26. The lowest BCUT2D eigenvalue weighted by Crippen LogP contribution is -2.31. The van der Waals surface area contributed by atoms with Gasteiger partial charge in [-0.05, 0) is 18.2 Å². The van der Waals surface area contributed by atoms with Gasteiger partial charge in [0.15, 0.2) is 0 Å². The Hall–Kier alpha value is -2.13. The van der Waals surface area contributed by atoms with Gasteiger partial charge in [-0.3, -0.25) is 5.43 Å². The fraction of sp³-hybridized carbons (Fsp3) is 0.300. The van der Waals surface area contributed by atoms with Crippen LogP contribution in [0.25, 0.3) is 0 Å². The summed E-state index contributed by atoms with van der Waals surface area (Å²) in [7, 11) is 0.903. The van der Waals surface area contributed by atoms with E-state index in [0.29, 0.717) is 12.1 Å². The first-order valence-electron chi connectivity index (χ1n) is 4.94. The van der Waals surface area contributed by atoms with E-state index in [1.807, 2.05) is 5.43 Å². The van der Waals surface area contributed by atoms with E-state index >= 15 is 0 Å². The Morgan fingerprint density at radius 3 is 2.10 bits per heavy atom. The molecule has 0 heterocycles. The Balaban J connectivity index is 3.28. The highest BCUT2D eigenvalue weighted by molar-refractivity contribution is 5.68. The fourth-order valence-corrected chi connectivity index (χ4v) is 1.28. The number of hydrogen-bond donors (Lipinski definition) is 2. The summed E-state index contributed by atoms with van der Waals surface area (Å²) in [5.74, 6) is 0. The van der Waals surface area contributed by atoms with E-state index in [4.69, 9.17) is 5.11 Å². The monoisotopic (exact) mass is 302 g/mol. The third-order valence-electron chi connectivity index (χ3n) is 2.23. The average molecular weight is 302 g/mol. The molecule has 1 aromatic carbocycles. The van der Waals surface area contributed by atoms with Gasteiger partial charge in [0, 0.05) is 7.05 Å². The molecule has 2 N–H and O–H groups in total. The molecule has 0 aliphatic heterocycles. The lowest BCUT2D eigenvalue weighted by molar-refractivity contribution is -0.142. The second-order valence-electron chi connectivity index (χ2n) is 3.71. The van der Waals surface area contributed by atoms with E-state index < -0.39 is 35.3 Å². The number of nitrogens with zero attached hydrogens (tertiary/aromatic N) is 1. The molecule has 0 atom stereocenters. The van der Waals surface area contributed by atoms with Gasteiger partial charge in [-0.2, -0.15) is 26.3 Å². The second-order valence-corrected chi connectivity index (χ2v) is 3.71. The Labute approximate surface area is 108 Å². The van der Waals surface area contributed by atoms with Crippen molar-refractivity contribution < 1.29 is 36.2 Å². The number of amides is 1. The molecule has 0 aromatic heterocycles. The van der Waals surface area contributed by atoms with Crippen molar-refractivity contribution in [1.29, 1.82) is 0 Å². The summed E-state index contributed by atoms with van der Waals surface area (Å²) in [6, 6.07) is 0.858. The first-order chi connectivity index (χ1) is 8.93. The fourth-order valence-electron chi connectivity index (χ4n) is 1.28. The number of carboxylic acid groups (broad SMARTS) is 1. The molecule has 1 aromatic rings. The Kier molecular flexibility index (Phi) is 4.06. The molecule has 0 fully saturated rings. The smallest absolute Gasteiger partial charge is 0.425 e. The lowest BCUT2D eigenvalue weighted by Gasteiger charge is -2.21. The normalized spacial score (nSPS) is 12.2. The van der Waals surface area contributed by atoms with Crippen LogP contribution in [0.1, 0.15) is 11.1 Å². The van der Waals surface area contributed by atoms with Crippen LogP contribution in [0.3, 0.4) is 0 Å². The van der Waals surface area contributed by atoms with Crippen molar-refractivity contribution in [3.8, 4) is 0 Å². The highest BCUT2D eigenvalue weighted by Crippen LogP contribution is 2.39. The largest absolute Gasteiger partial charge is 0.464 e. The number of carbonyl (C=O) groups is 1. The second kappa shape index (κ2) is 5.10. The van der Waals surface area contributed by atoms with Crippen molar-refractivity contribution >= 4 is 11.8 Å². The maximum atomic E-state index is 12.7. The van der Waals surface area contributed by atoms with Crippen LogP contribution in [0.15, 0.2) is 18.2 Å². The van der Waals surface area contributed by atoms with Crippen LogP contribution >= 0.6 is 0 Å². The van der Waals surface area contributed by atoms with Crippen LogP contribution in [0, 0.1) is 0 Å². The molecule has 20 heavy (non-hydrogen) atoms. The maximum absolute atomic E-state index is 12.7. The van der Waals surface area contributed by atoms with E-state index in [2.05, 4.69) is 0 Å². The van der Waals surface area contributed by atoms with Gasteiger partial charge in [0.1, 0.15) is 0 Å². The van der Waals surface area contributed by atoms with Crippen molar-refractivity contribution in [1.82, 2.24) is 5.01 Å². The van der Waals surface area contributed by atoms with Gasteiger partial charge in [-0.1, -0.05) is 0 Å². The molecule has 0 radical (unpaired) electrons. The van der Waals surface area contributed by atoms with Gasteiger partial charge in [-0.15, -0.1) is 0 Å². The third kappa shape index (κ3) is 3.68. The van der Waals surface area contributed by atoms with E-state index in [9.17, 15) is 31.1 Å². The topological polar surface area (TPSA) is 52.6 Å². The van der Waals surface area contributed by atoms with E-state index in [1.165, 1.54) is 0 Å². The minimum Gasteiger partial charge on any atom is -0.464 e. The maximum Gasteiger partial charge on any atom is 0.425 e. The molecule has 0 saturated carbocycles. The molecule has 1 amide bonds. The number of hydrogen-bond acceptors (Lipinski definition) is 2. The molecule has 4 nitrogen and oxygen atoms in total. The summed E-state index contributed by atoms with van der Waals surface area (Å²) in [5, 5.41) is 8.81. The molecule has 0 spiro atoms. The first kappa shape index (κ1) is 15.9. The van der Waals surface area contributed by atoms with Crippen LogP contribution in [0.5, 0.6) is 0 Å². The number of alkyl halides is 6. The van der Waals surface area contributed by atoms with E-state index in [0.717, 1.165) is 7.05 Å². The summed E-state index contributed by atoms with van der Waals surface area (Å²) in [4.78, 5) is 10.5. The Morgan fingerprint density at radius 2 is 1.70 bits per heavy atom. The molecule has 10 heteroatoms. The van der Waals surface area contributed by atoms with E-state index in [1.54, 1.807) is 0 Å². The van der Waals surface area contributed by atoms with Crippen molar-refractivity contribution in [3.05, 3.63) is 29.3 Å². The molecule has 0 aliphatic carbocycles. The Morgan fingerprint density at radius 1 is 1.15 bits per heavy atom. The zero-order valence-corrected chi connectivity index (χ0v) is 9.80. The molecule has 112 valence electrons. The highest BCUT2D eigenvalue weighted by Gasteiger charge is 2.38. The number of hydrazine groups is 1. The van der Waals surface area contributed by atoms with Gasteiger partial charge < -0.3 is 5.11 Å². The van der Waals surface area contributed by atoms with Crippen LogP contribution in [0.4, 0.5) is 36.8 Å². The van der Waals surface area contributed by atoms with Gasteiger partial charge in [0.05, 0.1) is 16.8 Å². The van der Waals surface area contributed by atoms with Crippen LogP contribution in [0.2, 0.25) is 0 Å². The number of anilines is 1. The minimum atomic E-state index is -5.07. The van der Waals surface area contributed by atoms with Crippen molar-refractivity contribution in [2.45, 2.75) is 12.4 Å². The van der Waals surface area contributed by atoms with Gasteiger partial charge in [-0.25, -0.2) is 9.80 Å². The summed E-state index contributed by atoms with van der Waals surface area (Å²) >= 11 is 0. The molecule has 0 bridgehead atoms. The number of rotatable bonds is 2. The SMILES string of the molecule is CN(Nc1ccc(C(F)(F)F)cc1C(F)(F)F)C(=O)O. The van der Waals surface area contributed by atoms with Crippen LogP contribution in [-0.4, -0.2) is 23.3 Å². The quantitative estimate of drug-likeness (QED) is 0.647. The molecule has 0 aliphatic rings. The highest BCUT2D eigenvalue weighted by atomic mass is 19.4. The molecular formula is C10H8F6N2O2. The van der Waals surface area contributed by atoms with Crippen LogP contribution < -0.4 is 5.43 Å². The third-order valence-corrected chi connectivity index (χ3v) is 2.23. The predicted octanol–water partition coefficient (Wildman–Crippen LogP) is 3.66. The number of benzene rings is 1. The first-order valence-corrected chi connectivity index (χ1v) is 4.94. The molecular weight excluding hydrogens is 294 g/mol.